The van der Waals surface area contributed by atoms with E-state index in [1.165, 1.54) is 0 Å². The Kier molecular flexibility index (Phi) is 5.78. The maximum atomic E-state index is 12.5. The van der Waals surface area contributed by atoms with Crippen molar-refractivity contribution in [3.63, 3.8) is 0 Å². The number of hydrogen-bond acceptors (Lipinski definition) is 5. The van der Waals surface area contributed by atoms with Gasteiger partial charge in [-0.05, 0) is 48.5 Å². The van der Waals surface area contributed by atoms with Crippen LogP contribution in [0, 0.1) is 0 Å². The molecule has 1 fully saturated rings. The van der Waals surface area contributed by atoms with E-state index in [0.29, 0.717) is 0 Å². The first kappa shape index (κ1) is 19.8. The molecule has 0 aliphatic carbocycles. The topological polar surface area (TPSA) is 75.7 Å². The second-order valence-corrected chi connectivity index (χ2v) is 9.95. The predicted octanol–water partition coefficient (Wildman–Crippen LogP) is 1.92. The van der Waals surface area contributed by atoms with Crippen molar-refractivity contribution in [1.29, 1.82) is 0 Å². The number of nitrogens with zero attached hydrogens (tertiary/aromatic N) is 1. The lowest BCUT2D eigenvalue weighted by atomic mass is 10.00. The van der Waals surface area contributed by atoms with Gasteiger partial charge >= 0.3 is 5.97 Å². The molecule has 1 unspecified atom stereocenters. The van der Waals surface area contributed by atoms with E-state index in [4.69, 9.17) is 4.74 Å². The molecule has 132 valence electrons. The maximum absolute atomic E-state index is 12.5. The summed E-state index contributed by atoms with van der Waals surface area (Å²) >= 11 is 1.58. The van der Waals surface area contributed by atoms with Gasteiger partial charge in [-0.1, -0.05) is 0 Å². The van der Waals surface area contributed by atoms with Gasteiger partial charge in [0.1, 0.15) is 11.6 Å². The molecule has 0 radical (unpaired) electrons. The standard InChI is InChI=1S/C16H28N2O4S/c1-14(2,3)22-11(20)8-9-17-13(21)12-15(4,5)23-16(6,7)18(12)10-19/h10,12H,8-9H2,1-7H3,(H,17,21). The summed E-state index contributed by atoms with van der Waals surface area (Å²) in [5.41, 5.74) is -0.538. The van der Waals surface area contributed by atoms with E-state index in [9.17, 15) is 14.4 Å². The molecule has 0 spiro atoms. The van der Waals surface area contributed by atoms with Gasteiger partial charge < -0.3 is 15.0 Å². The fraction of sp³-hybridized carbons (Fsp3) is 0.812. The highest BCUT2D eigenvalue weighted by atomic mass is 32.2. The Hall–Kier alpha value is -1.24. The largest absolute Gasteiger partial charge is 0.460 e. The SMILES string of the molecule is CC(C)(C)OC(=O)CCNC(=O)C1N(C=O)C(C)(C)SC1(C)C. The van der Waals surface area contributed by atoms with Crippen LogP contribution in [0.4, 0.5) is 0 Å². The number of rotatable bonds is 5. The van der Waals surface area contributed by atoms with Gasteiger partial charge in [0.2, 0.25) is 12.3 Å². The first-order valence-electron chi connectivity index (χ1n) is 7.73. The highest BCUT2D eigenvalue weighted by Gasteiger charge is 2.54. The molecule has 7 heteroatoms. The summed E-state index contributed by atoms with van der Waals surface area (Å²) in [6.07, 6.45) is 0.827. The quantitative estimate of drug-likeness (QED) is 0.609. The van der Waals surface area contributed by atoms with Gasteiger partial charge in [-0.3, -0.25) is 14.4 Å². The Morgan fingerprint density at radius 1 is 1.26 bits per heavy atom. The zero-order chi connectivity index (χ0) is 18.1. The molecule has 6 nitrogen and oxygen atoms in total. The van der Waals surface area contributed by atoms with E-state index in [1.807, 2.05) is 27.7 Å². The van der Waals surface area contributed by atoms with Crippen LogP contribution >= 0.6 is 11.8 Å². The minimum atomic E-state index is -0.571. The fourth-order valence-corrected chi connectivity index (χ4v) is 4.68. The van der Waals surface area contributed by atoms with Crippen LogP contribution in [0.15, 0.2) is 0 Å². The summed E-state index contributed by atoms with van der Waals surface area (Å²) in [6.45, 7) is 13.3. The van der Waals surface area contributed by atoms with Crippen molar-refractivity contribution in [2.75, 3.05) is 6.54 Å². The van der Waals surface area contributed by atoms with Crippen LogP contribution in [-0.2, 0) is 19.1 Å². The maximum Gasteiger partial charge on any atom is 0.308 e. The van der Waals surface area contributed by atoms with Crippen LogP contribution in [0.5, 0.6) is 0 Å². The molecule has 0 bridgehead atoms. The lowest BCUT2D eigenvalue weighted by Gasteiger charge is -2.31. The molecule has 0 aromatic heterocycles. The molecular weight excluding hydrogens is 316 g/mol. The number of carbonyl (C=O) groups is 3. The number of amides is 2. The first-order valence-corrected chi connectivity index (χ1v) is 8.55. The van der Waals surface area contributed by atoms with Crippen molar-refractivity contribution >= 4 is 30.0 Å². The van der Waals surface area contributed by atoms with E-state index in [0.717, 1.165) is 6.41 Å². The van der Waals surface area contributed by atoms with Crippen LogP contribution in [0.1, 0.15) is 54.9 Å². The highest BCUT2D eigenvalue weighted by Crippen LogP contribution is 2.50. The third kappa shape index (κ3) is 5.12. The van der Waals surface area contributed by atoms with Gasteiger partial charge in [0.05, 0.1) is 11.3 Å². The Labute approximate surface area is 142 Å². The van der Waals surface area contributed by atoms with Gasteiger partial charge in [0.15, 0.2) is 0 Å². The van der Waals surface area contributed by atoms with Crippen molar-refractivity contribution in [2.45, 2.75) is 76.1 Å². The van der Waals surface area contributed by atoms with E-state index in [-0.39, 0.29) is 24.8 Å². The van der Waals surface area contributed by atoms with Gasteiger partial charge in [0, 0.05) is 11.3 Å². The van der Waals surface area contributed by atoms with Gasteiger partial charge in [-0.25, -0.2) is 0 Å². The number of nitrogens with one attached hydrogen (secondary N) is 1. The summed E-state index contributed by atoms with van der Waals surface area (Å²) in [7, 11) is 0. The zero-order valence-electron chi connectivity index (χ0n) is 15.1. The number of esters is 1. The van der Waals surface area contributed by atoms with Crippen molar-refractivity contribution in [3.8, 4) is 0 Å². The fourth-order valence-electron chi connectivity index (χ4n) is 2.80. The molecule has 1 aliphatic heterocycles. The number of ether oxygens (including phenoxy) is 1. The van der Waals surface area contributed by atoms with E-state index in [2.05, 4.69) is 5.32 Å². The molecule has 0 aromatic rings. The summed E-state index contributed by atoms with van der Waals surface area (Å²) in [5, 5.41) is 2.75. The Morgan fingerprint density at radius 2 is 1.83 bits per heavy atom. The van der Waals surface area contributed by atoms with Crippen LogP contribution < -0.4 is 5.32 Å². The van der Waals surface area contributed by atoms with Gasteiger partial charge in [-0.2, -0.15) is 0 Å². The average molecular weight is 344 g/mol. The lowest BCUT2D eigenvalue weighted by Crippen LogP contribution is -2.54. The predicted molar refractivity (Wildman–Crippen MR) is 90.9 cm³/mol. The molecule has 0 aromatic carbocycles. The smallest absolute Gasteiger partial charge is 0.308 e. The average Bonchev–Trinajstić information content (AvgIpc) is 2.50. The molecule has 1 saturated heterocycles. The van der Waals surface area contributed by atoms with Crippen molar-refractivity contribution in [3.05, 3.63) is 0 Å². The molecule has 0 saturated carbocycles. The third-order valence-electron chi connectivity index (χ3n) is 3.48. The Morgan fingerprint density at radius 3 is 2.30 bits per heavy atom. The van der Waals surface area contributed by atoms with Crippen molar-refractivity contribution in [1.82, 2.24) is 10.2 Å². The van der Waals surface area contributed by atoms with Crippen LogP contribution in [-0.4, -0.2) is 51.0 Å². The summed E-state index contributed by atoms with van der Waals surface area (Å²) in [5.74, 6) is -0.603. The lowest BCUT2D eigenvalue weighted by molar-refractivity contribution is -0.154. The van der Waals surface area contributed by atoms with Crippen LogP contribution in [0.25, 0.3) is 0 Å². The Bertz CT molecular complexity index is 483. The Balaban J connectivity index is 2.63. The summed E-state index contributed by atoms with van der Waals surface area (Å²) in [4.78, 5) is 36.7. The van der Waals surface area contributed by atoms with Crippen molar-refractivity contribution in [2.24, 2.45) is 0 Å². The molecule has 1 heterocycles. The van der Waals surface area contributed by atoms with Crippen LogP contribution in [0.2, 0.25) is 0 Å². The van der Waals surface area contributed by atoms with Crippen LogP contribution in [0.3, 0.4) is 0 Å². The number of hydrogen-bond donors (Lipinski definition) is 1. The van der Waals surface area contributed by atoms with E-state index in [1.54, 1.807) is 37.4 Å². The second kappa shape index (κ2) is 6.71. The normalized spacial score (nSPS) is 22.6. The molecule has 1 atom stereocenters. The monoisotopic (exact) mass is 344 g/mol. The molecule has 1 aliphatic rings. The van der Waals surface area contributed by atoms with Gasteiger partial charge in [-0.15, -0.1) is 11.8 Å². The first-order chi connectivity index (χ1) is 10.3. The minimum Gasteiger partial charge on any atom is -0.460 e. The molecular formula is C16H28N2O4S. The highest BCUT2D eigenvalue weighted by molar-refractivity contribution is 8.02. The van der Waals surface area contributed by atoms with Gasteiger partial charge in [0.25, 0.3) is 0 Å². The van der Waals surface area contributed by atoms with E-state index < -0.39 is 21.3 Å². The molecule has 1 rings (SSSR count). The van der Waals surface area contributed by atoms with Crippen molar-refractivity contribution < 1.29 is 19.1 Å². The number of thioether (sulfide) groups is 1. The molecule has 1 N–H and O–H groups in total. The minimum absolute atomic E-state index is 0.105. The zero-order valence-corrected chi connectivity index (χ0v) is 15.9. The van der Waals surface area contributed by atoms with E-state index >= 15 is 0 Å². The molecule has 23 heavy (non-hydrogen) atoms. The summed E-state index contributed by atoms with van der Waals surface area (Å²) in [6, 6.07) is -0.571. The third-order valence-corrected chi connectivity index (χ3v) is 4.94. The summed E-state index contributed by atoms with van der Waals surface area (Å²) < 4.78 is 4.80. The second-order valence-electron chi connectivity index (χ2n) is 7.69. The molecule has 2 amide bonds. The number of carbonyl (C=O) groups excluding carboxylic acids is 3.